The number of fused-ring (bicyclic) bond motifs is 3. The van der Waals surface area contributed by atoms with Crippen LogP contribution in [0.2, 0.25) is 6.32 Å². The van der Waals surface area contributed by atoms with Crippen molar-refractivity contribution in [3.8, 4) is 51.7 Å². The van der Waals surface area contributed by atoms with Gasteiger partial charge >= 0.3 is 13.1 Å². The SMILES string of the molecule is COc1cc(/C=C2/C(C)=C(CC(=O)NCc3cccnc3)c3cc(F)ccc32)cc(OC)c1OCC(=O)OCCN(C)C.COc1cc(/C=C2/C(C)=C(CC(=O)NCc3cccnc3)c3cc(F)ccc32)cc(OC)c1OCCB(O)O.COc1cc(/C=C2/C(C)=C(CC(=O)NCc3cccnc3)c3cc(F)ccc32)cc(OC)c1OCCO. The predicted octanol–water partition coefficient (Wildman–Crippen LogP) is 13.5. The maximum atomic E-state index is 14.4. The number of esters is 1. The molecule has 3 aliphatic carbocycles. The lowest BCUT2D eigenvalue weighted by molar-refractivity contribution is -0.146. The molecule has 0 bridgehead atoms. The number of pyridine rings is 3. The van der Waals surface area contributed by atoms with Gasteiger partial charge in [-0.25, -0.2) is 18.0 Å². The Hall–Kier alpha value is -13.0. The lowest BCUT2D eigenvalue weighted by atomic mass is 9.87. The van der Waals surface area contributed by atoms with Crippen molar-refractivity contribution in [1.82, 2.24) is 35.8 Å². The number of halogens is 3. The maximum absolute atomic E-state index is 14.4. The number of nitrogens with one attached hydrogen (secondary N) is 3. The van der Waals surface area contributed by atoms with Gasteiger partial charge in [0.15, 0.2) is 41.1 Å². The third-order valence-corrected chi connectivity index (χ3v) is 19.5. The first-order valence-corrected chi connectivity index (χ1v) is 38.0. The minimum absolute atomic E-state index is 0.0219. The molecular weight excluding hydrogens is 1530 g/mol. The summed E-state index contributed by atoms with van der Waals surface area (Å²) in [7, 11) is 11.3. The Balaban J connectivity index is 0.000000188. The Morgan fingerprint density at radius 2 is 0.756 bits per heavy atom. The normalized spacial score (nSPS) is 13.3. The molecule has 24 nitrogen and oxygen atoms in total. The largest absolute Gasteiger partial charge is 0.493 e. The first-order valence-electron chi connectivity index (χ1n) is 38.0. The molecule has 0 fully saturated rings. The van der Waals surface area contributed by atoms with Crippen LogP contribution in [0.5, 0.6) is 51.7 Å². The quantitative estimate of drug-likeness (QED) is 0.0161. The predicted molar refractivity (Wildman–Crippen MR) is 449 cm³/mol. The molecule has 3 aromatic heterocycles. The number of methoxy groups -OCH3 is 6. The van der Waals surface area contributed by atoms with E-state index in [0.717, 1.165) is 100 Å². The van der Waals surface area contributed by atoms with E-state index >= 15 is 0 Å². The summed E-state index contributed by atoms with van der Waals surface area (Å²) in [6, 6.07) is 35.5. The summed E-state index contributed by atoms with van der Waals surface area (Å²) in [6.45, 7) is 7.37. The highest BCUT2D eigenvalue weighted by molar-refractivity contribution is 6.41. The summed E-state index contributed by atoms with van der Waals surface area (Å²) in [5.74, 6) is 1.28. The molecule has 119 heavy (non-hydrogen) atoms. The molecule has 3 aliphatic rings. The van der Waals surface area contributed by atoms with Crippen LogP contribution in [0.4, 0.5) is 13.2 Å². The number of likely N-dealkylation sites (N-methyl/N-ethyl adjacent to an activating group) is 1. The molecule has 12 rings (SSSR count). The fraction of sp³-hybridized carbons (Fsp3) is 0.264. The van der Waals surface area contributed by atoms with Crippen LogP contribution in [0.15, 0.2) is 181 Å². The molecule has 0 saturated heterocycles. The van der Waals surface area contributed by atoms with Crippen LogP contribution in [-0.2, 0) is 43.5 Å². The number of benzene rings is 6. The smallest absolute Gasteiger partial charge is 0.454 e. The van der Waals surface area contributed by atoms with Crippen molar-refractivity contribution in [3.05, 3.63) is 266 Å². The number of aliphatic hydroxyl groups excluding tert-OH is 1. The van der Waals surface area contributed by atoms with E-state index in [2.05, 4.69) is 30.9 Å². The van der Waals surface area contributed by atoms with E-state index in [9.17, 15) is 32.3 Å². The average molecular weight is 1630 g/mol. The Morgan fingerprint density at radius 3 is 1.04 bits per heavy atom. The van der Waals surface area contributed by atoms with Crippen LogP contribution in [0.1, 0.15) is 107 Å². The number of rotatable bonds is 34. The summed E-state index contributed by atoms with van der Waals surface area (Å²) in [5.41, 5.74) is 16.9. The molecule has 6 aromatic carbocycles. The summed E-state index contributed by atoms with van der Waals surface area (Å²) >= 11 is 0. The van der Waals surface area contributed by atoms with Gasteiger partial charge in [-0.15, -0.1) is 0 Å². The van der Waals surface area contributed by atoms with Crippen molar-refractivity contribution in [1.29, 1.82) is 0 Å². The average Bonchev–Trinajstić information content (AvgIpc) is 1.63. The molecule has 0 spiro atoms. The standard InChI is InChI=1S/C33H36FN3O6.C29H30BFN2O6.C29H29FN2O5/c1-21-26(13-23-14-29(40-4)33(30(15-23)41-5)43-20-32(39)42-12-11-37(2)3)25-9-8-24(34)16-28(25)27(21)17-31(38)36-19-22-7-6-10-35-18-22;1-18-23(11-20-12-26(37-2)29(27(13-20)38-3)39-10-8-30(35)36)22-7-6-21(31)14-25(22)24(18)15-28(34)33-17-19-5-4-9-32-16-19;1-18-23(11-20-12-26(35-2)29(37-10-9-33)27(13-20)36-3)22-7-6-21(30)14-25(22)24(18)15-28(34)32-17-19-5-4-8-31-16-19/h6-10,13-16,18H,11-12,17,19-20H2,1-5H3,(H,36,38);4-7,9,11-14,16,35-36H,8,10,15,17H2,1-3H3,(H,33,34);4-8,11-14,16,33H,9-10,15,17H2,1-3H3,(H,32,34)/b26-13-;2*23-11-. The minimum Gasteiger partial charge on any atom is -0.493 e. The Labute approximate surface area is 689 Å². The number of amides is 3. The van der Waals surface area contributed by atoms with Gasteiger partial charge in [0.05, 0.1) is 75.1 Å². The van der Waals surface area contributed by atoms with Crippen molar-refractivity contribution in [2.24, 2.45) is 0 Å². The van der Waals surface area contributed by atoms with Gasteiger partial charge in [0.1, 0.15) is 30.7 Å². The van der Waals surface area contributed by atoms with E-state index in [4.69, 9.17) is 62.5 Å². The van der Waals surface area contributed by atoms with Crippen molar-refractivity contribution < 1.29 is 94.9 Å². The number of hydrogen-bond donors (Lipinski definition) is 6. The molecule has 0 atom stereocenters. The molecule has 620 valence electrons. The second kappa shape index (κ2) is 42.7. The van der Waals surface area contributed by atoms with Crippen LogP contribution >= 0.6 is 0 Å². The van der Waals surface area contributed by atoms with Gasteiger partial charge in [-0.2, -0.15) is 0 Å². The zero-order valence-electron chi connectivity index (χ0n) is 68.1. The van der Waals surface area contributed by atoms with E-state index in [1.807, 2.05) is 94.4 Å². The Bertz CT molecular complexity index is 5260. The number of aliphatic hydroxyl groups is 1. The second-order valence-electron chi connectivity index (χ2n) is 27.8. The fourth-order valence-corrected chi connectivity index (χ4v) is 13.5. The van der Waals surface area contributed by atoms with Crippen LogP contribution < -0.4 is 58.6 Å². The topological polar surface area (TPSA) is 299 Å². The second-order valence-corrected chi connectivity index (χ2v) is 27.8. The highest BCUT2D eigenvalue weighted by atomic mass is 19.1. The monoisotopic (exact) mass is 1630 g/mol. The fourth-order valence-electron chi connectivity index (χ4n) is 13.5. The lowest BCUT2D eigenvalue weighted by Gasteiger charge is -2.16. The molecule has 28 heteroatoms. The summed E-state index contributed by atoms with van der Waals surface area (Å²) < 4.78 is 98.4. The summed E-state index contributed by atoms with van der Waals surface area (Å²) in [5, 5.41) is 36.1. The van der Waals surface area contributed by atoms with Crippen molar-refractivity contribution in [2.75, 3.05) is 96.3 Å². The van der Waals surface area contributed by atoms with Gasteiger partial charge in [-0.1, -0.05) is 36.4 Å². The van der Waals surface area contributed by atoms with Crippen LogP contribution in [0, 0.1) is 17.5 Å². The number of carbonyl (C=O) groups is 4. The van der Waals surface area contributed by atoms with Gasteiger partial charge in [-0.3, -0.25) is 29.3 Å². The van der Waals surface area contributed by atoms with E-state index in [-0.39, 0.29) is 99.5 Å². The molecular formula is C91H95BF3N7O17. The van der Waals surface area contributed by atoms with E-state index in [1.54, 1.807) is 91.8 Å². The van der Waals surface area contributed by atoms with Crippen LogP contribution in [-0.4, -0.2) is 162 Å². The summed E-state index contributed by atoms with van der Waals surface area (Å²) in [4.78, 5) is 64.9. The third kappa shape index (κ3) is 23.4. The Kier molecular flexibility index (Phi) is 31.7. The van der Waals surface area contributed by atoms with Crippen molar-refractivity contribution >= 4 is 82.5 Å². The van der Waals surface area contributed by atoms with Crippen LogP contribution in [0.25, 0.3) is 51.7 Å². The molecule has 3 amide bonds. The first-order chi connectivity index (χ1) is 57.4. The number of hydrogen-bond acceptors (Lipinski definition) is 21. The van der Waals surface area contributed by atoms with Gasteiger partial charge in [0.2, 0.25) is 35.0 Å². The summed E-state index contributed by atoms with van der Waals surface area (Å²) in [6.07, 6.45) is 16.2. The number of allylic oxidation sites excluding steroid dienone is 6. The van der Waals surface area contributed by atoms with Crippen molar-refractivity contribution in [2.45, 2.75) is 66.0 Å². The highest BCUT2D eigenvalue weighted by Gasteiger charge is 2.31. The zero-order chi connectivity index (χ0) is 85.2. The lowest BCUT2D eigenvalue weighted by Crippen LogP contribution is -2.22. The number of nitrogens with zero attached hydrogens (tertiary/aromatic N) is 4. The van der Waals surface area contributed by atoms with Crippen molar-refractivity contribution in [3.63, 3.8) is 0 Å². The molecule has 9 aromatic rings. The number of carbonyl (C=O) groups excluding carboxylic acids is 4. The van der Waals surface area contributed by atoms with Gasteiger partial charge in [0, 0.05) is 69.7 Å². The highest BCUT2D eigenvalue weighted by Crippen LogP contribution is 2.50. The van der Waals surface area contributed by atoms with Gasteiger partial charge in [-0.05, 0) is 261 Å². The number of aromatic nitrogens is 3. The molecule has 0 aliphatic heterocycles. The molecule has 3 heterocycles. The van der Waals surface area contributed by atoms with E-state index in [0.29, 0.717) is 88.9 Å². The van der Waals surface area contributed by atoms with Gasteiger partial charge in [0.25, 0.3) is 0 Å². The van der Waals surface area contributed by atoms with Gasteiger partial charge < -0.3 is 83.4 Å². The minimum atomic E-state index is -1.49. The van der Waals surface area contributed by atoms with Crippen LogP contribution in [0.3, 0.4) is 0 Å². The first kappa shape index (κ1) is 88.4. The maximum Gasteiger partial charge on any atom is 0.454 e. The van der Waals surface area contributed by atoms with E-state index < -0.39 is 13.1 Å². The third-order valence-electron chi connectivity index (χ3n) is 19.5. The molecule has 0 unspecified atom stereocenters. The molecule has 0 saturated carbocycles. The van der Waals surface area contributed by atoms with E-state index in [1.165, 1.54) is 79.1 Å². The number of ether oxygens (including phenoxy) is 10. The molecule has 0 radical (unpaired) electrons. The Morgan fingerprint density at radius 1 is 0.437 bits per heavy atom. The molecule has 6 N–H and O–H groups in total. The zero-order valence-corrected chi connectivity index (χ0v) is 68.1.